The quantitative estimate of drug-likeness (QED) is 0.189. The number of hydrogen-bond donors (Lipinski definition) is 0. The van der Waals surface area contributed by atoms with Crippen molar-refractivity contribution in [1.29, 1.82) is 5.26 Å². The zero-order chi connectivity index (χ0) is 33.4. The average Bonchev–Trinajstić information content (AvgIpc) is 3.20. The van der Waals surface area contributed by atoms with Crippen molar-refractivity contribution in [2.24, 2.45) is 0 Å². The molecule has 232 valence electrons. The smallest absolute Gasteiger partial charge is 0.160 e. The molecule has 0 aliphatic heterocycles. The molecule has 0 aliphatic carbocycles. The molecule has 3 heteroatoms. The summed E-state index contributed by atoms with van der Waals surface area (Å²) < 4.78 is 0. The summed E-state index contributed by atoms with van der Waals surface area (Å²) in [4.78, 5) is 10.3. The van der Waals surface area contributed by atoms with Gasteiger partial charge < -0.3 is 0 Å². The van der Waals surface area contributed by atoms with E-state index in [2.05, 4.69) is 152 Å². The summed E-state index contributed by atoms with van der Waals surface area (Å²) in [6.45, 7) is 0. The standard InChI is InChI=1S/C47H29N3/c48-30-31-16-18-32(19-17-31)33-20-22-36(23-21-33)40-28-29-43(42-12-4-3-11-41(40)42)46-44-13-5-6-15-45(44)49-47(50-46)37-26-24-35(25-27-37)39-14-7-9-34-8-1-2-10-38(34)39/h1-29H. The highest BCUT2D eigenvalue weighted by Gasteiger charge is 2.16. The highest BCUT2D eigenvalue weighted by Crippen LogP contribution is 2.39. The van der Waals surface area contributed by atoms with Gasteiger partial charge in [0.2, 0.25) is 0 Å². The van der Waals surface area contributed by atoms with Gasteiger partial charge in [0.15, 0.2) is 5.82 Å². The molecule has 1 heterocycles. The minimum Gasteiger partial charge on any atom is -0.228 e. The Kier molecular flexibility index (Phi) is 7.19. The maximum atomic E-state index is 9.17. The number of fused-ring (bicyclic) bond motifs is 3. The van der Waals surface area contributed by atoms with Crippen molar-refractivity contribution in [2.45, 2.75) is 0 Å². The number of benzene rings is 8. The third-order valence-electron chi connectivity index (χ3n) is 9.57. The second-order valence-electron chi connectivity index (χ2n) is 12.5. The van der Waals surface area contributed by atoms with Crippen LogP contribution in [0.3, 0.4) is 0 Å². The Labute approximate surface area is 290 Å². The molecule has 0 N–H and O–H groups in total. The first kappa shape index (κ1) is 29.3. The second-order valence-corrected chi connectivity index (χ2v) is 12.5. The first-order valence-corrected chi connectivity index (χ1v) is 16.7. The van der Waals surface area contributed by atoms with E-state index in [-0.39, 0.29) is 0 Å². The maximum absolute atomic E-state index is 9.17. The SMILES string of the molecule is N#Cc1ccc(-c2ccc(-c3ccc(-c4nc(-c5ccc(-c6cccc7ccccc67)cc5)nc5ccccc45)c4ccccc34)cc2)cc1. The molecule has 0 saturated heterocycles. The van der Waals surface area contributed by atoms with Gasteiger partial charge in [0, 0.05) is 16.5 Å². The summed E-state index contributed by atoms with van der Waals surface area (Å²) in [5.74, 6) is 0.703. The van der Waals surface area contributed by atoms with Crippen LogP contribution in [-0.2, 0) is 0 Å². The molecule has 0 aliphatic rings. The molecular formula is C47H29N3. The predicted octanol–water partition coefficient (Wildman–Crippen LogP) is 12.1. The maximum Gasteiger partial charge on any atom is 0.160 e. The third kappa shape index (κ3) is 5.17. The monoisotopic (exact) mass is 635 g/mol. The lowest BCUT2D eigenvalue weighted by molar-refractivity contribution is 1.23. The molecule has 0 atom stereocenters. The number of rotatable bonds is 5. The van der Waals surface area contributed by atoms with Crippen LogP contribution in [-0.4, -0.2) is 9.97 Å². The van der Waals surface area contributed by atoms with E-state index in [9.17, 15) is 5.26 Å². The molecule has 1 aromatic heterocycles. The van der Waals surface area contributed by atoms with Gasteiger partial charge in [0.1, 0.15) is 0 Å². The highest BCUT2D eigenvalue weighted by atomic mass is 14.9. The van der Waals surface area contributed by atoms with Gasteiger partial charge in [0.25, 0.3) is 0 Å². The fourth-order valence-electron chi connectivity index (χ4n) is 7.02. The molecule has 0 unspecified atom stereocenters. The van der Waals surface area contributed by atoms with Gasteiger partial charge in [0.05, 0.1) is 22.8 Å². The Bertz CT molecular complexity index is 2730. The molecule has 0 amide bonds. The number of nitriles is 1. The van der Waals surface area contributed by atoms with Gasteiger partial charge in [-0.3, -0.25) is 0 Å². The largest absolute Gasteiger partial charge is 0.228 e. The molecule has 50 heavy (non-hydrogen) atoms. The lowest BCUT2D eigenvalue weighted by atomic mass is 9.92. The average molecular weight is 636 g/mol. The van der Waals surface area contributed by atoms with Crippen LogP contribution in [0, 0.1) is 11.3 Å². The number of hydrogen-bond acceptors (Lipinski definition) is 3. The molecule has 9 rings (SSSR count). The summed E-state index contributed by atoms with van der Waals surface area (Å²) in [5, 5.41) is 15.0. The molecule has 9 aromatic rings. The van der Waals surface area contributed by atoms with Crippen LogP contribution >= 0.6 is 0 Å². The zero-order valence-corrected chi connectivity index (χ0v) is 27.1. The van der Waals surface area contributed by atoms with Gasteiger partial charge in [-0.1, -0.05) is 158 Å². The number of nitrogens with zero attached hydrogens (tertiary/aromatic N) is 3. The Morgan fingerprint density at radius 3 is 1.56 bits per heavy atom. The van der Waals surface area contributed by atoms with Crippen molar-refractivity contribution < 1.29 is 0 Å². The van der Waals surface area contributed by atoms with Crippen molar-refractivity contribution >= 4 is 32.4 Å². The van der Waals surface area contributed by atoms with Crippen molar-refractivity contribution in [3.8, 4) is 62.1 Å². The van der Waals surface area contributed by atoms with E-state index in [1.807, 2.05) is 30.3 Å². The van der Waals surface area contributed by atoms with Crippen LogP contribution in [0.4, 0.5) is 0 Å². The van der Waals surface area contributed by atoms with Crippen LogP contribution in [0.1, 0.15) is 5.56 Å². The molecule has 0 radical (unpaired) electrons. The van der Waals surface area contributed by atoms with Gasteiger partial charge in [-0.05, 0) is 73.1 Å². The number of aromatic nitrogens is 2. The van der Waals surface area contributed by atoms with E-state index in [0.717, 1.165) is 55.4 Å². The van der Waals surface area contributed by atoms with Crippen LogP contribution in [0.5, 0.6) is 0 Å². The summed E-state index contributed by atoms with van der Waals surface area (Å²) in [7, 11) is 0. The summed E-state index contributed by atoms with van der Waals surface area (Å²) >= 11 is 0. The van der Waals surface area contributed by atoms with Crippen LogP contribution in [0.25, 0.3) is 88.5 Å². The summed E-state index contributed by atoms with van der Waals surface area (Å²) in [6, 6.07) is 63.4. The topological polar surface area (TPSA) is 49.6 Å². The molecule has 0 spiro atoms. The van der Waals surface area contributed by atoms with E-state index >= 15 is 0 Å². The van der Waals surface area contributed by atoms with Crippen LogP contribution in [0.15, 0.2) is 176 Å². The van der Waals surface area contributed by atoms with Crippen molar-refractivity contribution in [3.05, 3.63) is 181 Å². The molecular weight excluding hydrogens is 607 g/mol. The lowest BCUT2D eigenvalue weighted by Gasteiger charge is -2.15. The van der Waals surface area contributed by atoms with E-state index in [1.54, 1.807) is 0 Å². The normalized spacial score (nSPS) is 11.2. The second kappa shape index (κ2) is 12.3. The van der Waals surface area contributed by atoms with Gasteiger partial charge in [-0.2, -0.15) is 5.26 Å². The van der Waals surface area contributed by atoms with Gasteiger partial charge in [-0.15, -0.1) is 0 Å². The zero-order valence-electron chi connectivity index (χ0n) is 27.1. The molecule has 0 fully saturated rings. The molecule has 0 saturated carbocycles. The fourth-order valence-corrected chi connectivity index (χ4v) is 7.02. The summed E-state index contributed by atoms with van der Waals surface area (Å²) in [6.07, 6.45) is 0. The highest BCUT2D eigenvalue weighted by molar-refractivity contribution is 6.08. The Balaban J connectivity index is 1.13. The Morgan fingerprint density at radius 1 is 0.360 bits per heavy atom. The predicted molar refractivity (Wildman–Crippen MR) is 206 cm³/mol. The summed E-state index contributed by atoms with van der Waals surface area (Å²) in [5.41, 5.74) is 11.4. The minimum absolute atomic E-state index is 0.662. The first-order valence-electron chi connectivity index (χ1n) is 16.7. The van der Waals surface area contributed by atoms with Crippen LogP contribution in [0.2, 0.25) is 0 Å². The lowest BCUT2D eigenvalue weighted by Crippen LogP contribution is -1.96. The van der Waals surface area contributed by atoms with E-state index < -0.39 is 0 Å². The fraction of sp³-hybridized carbons (Fsp3) is 0. The van der Waals surface area contributed by atoms with Crippen LogP contribution < -0.4 is 0 Å². The Morgan fingerprint density at radius 2 is 0.860 bits per heavy atom. The minimum atomic E-state index is 0.662. The van der Waals surface area contributed by atoms with Crippen molar-refractivity contribution in [1.82, 2.24) is 9.97 Å². The molecule has 8 aromatic carbocycles. The van der Waals surface area contributed by atoms with E-state index in [1.165, 1.54) is 27.3 Å². The van der Waals surface area contributed by atoms with Gasteiger partial charge in [-0.25, -0.2) is 9.97 Å². The number of para-hydroxylation sites is 1. The van der Waals surface area contributed by atoms with Crippen molar-refractivity contribution in [2.75, 3.05) is 0 Å². The molecule has 0 bridgehead atoms. The van der Waals surface area contributed by atoms with E-state index in [4.69, 9.17) is 9.97 Å². The van der Waals surface area contributed by atoms with E-state index in [0.29, 0.717) is 11.4 Å². The molecule has 3 nitrogen and oxygen atoms in total. The Hall–Kier alpha value is -6.89. The first-order chi connectivity index (χ1) is 24.7. The van der Waals surface area contributed by atoms with Gasteiger partial charge >= 0.3 is 0 Å². The van der Waals surface area contributed by atoms with Crippen molar-refractivity contribution in [3.63, 3.8) is 0 Å². The third-order valence-corrected chi connectivity index (χ3v) is 9.57.